The lowest BCUT2D eigenvalue weighted by Gasteiger charge is -2.31. The molecule has 1 rings (SSSR count). The number of nitrogens with zero attached hydrogens (tertiary/aromatic N) is 2. The lowest BCUT2D eigenvalue weighted by atomic mass is 9.95. The molecule has 0 radical (unpaired) electrons. The molecule has 1 saturated heterocycles. The Bertz CT molecular complexity index is 402. The molecule has 22 heavy (non-hydrogen) atoms. The van der Waals surface area contributed by atoms with Crippen molar-refractivity contribution in [1.29, 1.82) is 0 Å². The van der Waals surface area contributed by atoms with E-state index in [4.69, 9.17) is 0 Å². The molecular weight excluding hydrogens is 284 g/mol. The SMILES string of the molecule is CC(C)CNC(=O)NC(=O)CN1CCC(C(=O)N(C)C)CC1. The summed E-state index contributed by atoms with van der Waals surface area (Å²) >= 11 is 0. The average molecular weight is 312 g/mol. The molecule has 7 heteroatoms. The number of hydrogen-bond acceptors (Lipinski definition) is 4. The van der Waals surface area contributed by atoms with Gasteiger partial charge in [0.05, 0.1) is 6.54 Å². The highest BCUT2D eigenvalue weighted by atomic mass is 16.2. The number of carbonyl (C=O) groups is 3. The number of carbonyl (C=O) groups excluding carboxylic acids is 3. The van der Waals surface area contributed by atoms with Crippen LogP contribution in [0.5, 0.6) is 0 Å². The summed E-state index contributed by atoms with van der Waals surface area (Å²) in [5.41, 5.74) is 0. The topological polar surface area (TPSA) is 81.8 Å². The van der Waals surface area contributed by atoms with Gasteiger partial charge in [-0.15, -0.1) is 0 Å². The Hall–Kier alpha value is -1.63. The quantitative estimate of drug-likeness (QED) is 0.763. The Morgan fingerprint density at radius 3 is 2.27 bits per heavy atom. The van der Waals surface area contributed by atoms with E-state index in [1.807, 2.05) is 18.7 Å². The Morgan fingerprint density at radius 2 is 1.77 bits per heavy atom. The molecular formula is C15H28N4O3. The van der Waals surface area contributed by atoms with Gasteiger partial charge in [0.15, 0.2) is 0 Å². The highest BCUT2D eigenvalue weighted by Crippen LogP contribution is 2.18. The van der Waals surface area contributed by atoms with Crippen molar-refractivity contribution in [2.75, 3.05) is 40.3 Å². The molecule has 1 heterocycles. The number of hydrogen-bond donors (Lipinski definition) is 2. The summed E-state index contributed by atoms with van der Waals surface area (Å²) in [6, 6.07) is -0.448. The maximum atomic E-state index is 11.9. The van der Waals surface area contributed by atoms with Crippen molar-refractivity contribution >= 4 is 17.8 Å². The number of likely N-dealkylation sites (tertiary alicyclic amines) is 1. The zero-order chi connectivity index (χ0) is 16.7. The molecule has 7 nitrogen and oxygen atoms in total. The third-order valence-electron chi connectivity index (χ3n) is 3.67. The number of piperidine rings is 1. The van der Waals surface area contributed by atoms with Crippen LogP contribution in [0.15, 0.2) is 0 Å². The molecule has 0 saturated carbocycles. The van der Waals surface area contributed by atoms with Crippen molar-refractivity contribution in [1.82, 2.24) is 20.4 Å². The van der Waals surface area contributed by atoms with Gasteiger partial charge in [-0.2, -0.15) is 0 Å². The zero-order valence-electron chi connectivity index (χ0n) is 14.0. The molecule has 0 spiro atoms. The van der Waals surface area contributed by atoms with Crippen LogP contribution in [0.2, 0.25) is 0 Å². The van der Waals surface area contributed by atoms with E-state index in [2.05, 4.69) is 10.6 Å². The lowest BCUT2D eigenvalue weighted by molar-refractivity contribution is -0.134. The Morgan fingerprint density at radius 1 is 1.18 bits per heavy atom. The molecule has 0 aromatic carbocycles. The van der Waals surface area contributed by atoms with Gasteiger partial charge >= 0.3 is 6.03 Å². The number of urea groups is 1. The van der Waals surface area contributed by atoms with Crippen LogP contribution < -0.4 is 10.6 Å². The molecule has 2 N–H and O–H groups in total. The Balaban J connectivity index is 2.27. The van der Waals surface area contributed by atoms with Gasteiger partial charge in [-0.1, -0.05) is 13.8 Å². The number of amides is 4. The molecule has 1 aliphatic heterocycles. The fourth-order valence-electron chi connectivity index (χ4n) is 2.41. The summed E-state index contributed by atoms with van der Waals surface area (Å²) in [6.45, 7) is 6.11. The minimum absolute atomic E-state index is 0.0450. The van der Waals surface area contributed by atoms with E-state index >= 15 is 0 Å². The van der Waals surface area contributed by atoms with Gasteiger partial charge in [-0.05, 0) is 31.8 Å². The van der Waals surface area contributed by atoms with E-state index in [1.54, 1.807) is 19.0 Å². The van der Waals surface area contributed by atoms with Gasteiger partial charge in [0, 0.05) is 26.6 Å². The largest absolute Gasteiger partial charge is 0.349 e. The molecule has 0 unspecified atom stereocenters. The molecule has 1 aliphatic rings. The monoisotopic (exact) mass is 312 g/mol. The van der Waals surface area contributed by atoms with Crippen LogP contribution in [-0.2, 0) is 9.59 Å². The van der Waals surface area contributed by atoms with E-state index < -0.39 is 6.03 Å². The van der Waals surface area contributed by atoms with Crippen LogP contribution >= 0.6 is 0 Å². The maximum absolute atomic E-state index is 11.9. The van der Waals surface area contributed by atoms with Crippen LogP contribution in [0, 0.1) is 11.8 Å². The van der Waals surface area contributed by atoms with Crippen molar-refractivity contribution in [3.63, 3.8) is 0 Å². The first kappa shape index (κ1) is 18.4. The maximum Gasteiger partial charge on any atom is 0.321 e. The van der Waals surface area contributed by atoms with E-state index in [-0.39, 0.29) is 24.3 Å². The van der Waals surface area contributed by atoms with Gasteiger partial charge in [-0.3, -0.25) is 19.8 Å². The van der Waals surface area contributed by atoms with Crippen molar-refractivity contribution in [2.24, 2.45) is 11.8 Å². The summed E-state index contributed by atoms with van der Waals surface area (Å²) < 4.78 is 0. The standard InChI is InChI=1S/C15H28N4O3/c1-11(2)9-16-15(22)17-13(20)10-19-7-5-12(6-8-19)14(21)18(3)4/h11-12H,5-10H2,1-4H3,(H2,16,17,20,22). The van der Waals surface area contributed by atoms with E-state index in [9.17, 15) is 14.4 Å². The summed E-state index contributed by atoms with van der Waals surface area (Å²) in [4.78, 5) is 38.8. The van der Waals surface area contributed by atoms with Crippen LogP contribution in [0.25, 0.3) is 0 Å². The van der Waals surface area contributed by atoms with Gasteiger partial charge in [0.1, 0.15) is 0 Å². The molecule has 0 aliphatic carbocycles. The number of nitrogens with one attached hydrogen (secondary N) is 2. The smallest absolute Gasteiger partial charge is 0.321 e. The van der Waals surface area contributed by atoms with Gasteiger partial charge < -0.3 is 10.2 Å². The zero-order valence-corrected chi connectivity index (χ0v) is 14.0. The van der Waals surface area contributed by atoms with Crippen LogP contribution in [0.3, 0.4) is 0 Å². The molecule has 0 atom stereocenters. The third kappa shape index (κ3) is 6.43. The second-order valence-corrected chi connectivity index (χ2v) is 6.44. The minimum atomic E-state index is -0.448. The van der Waals surface area contributed by atoms with Gasteiger partial charge in [0.2, 0.25) is 11.8 Å². The Kier molecular flexibility index (Phi) is 7.31. The first-order valence-corrected chi connectivity index (χ1v) is 7.80. The Labute approximate surface area is 132 Å². The molecule has 1 fully saturated rings. The first-order chi connectivity index (χ1) is 10.3. The molecule has 0 aromatic heterocycles. The fourth-order valence-corrected chi connectivity index (χ4v) is 2.41. The number of imide groups is 1. The summed E-state index contributed by atoms with van der Waals surface area (Å²) in [5, 5.41) is 4.97. The van der Waals surface area contributed by atoms with Crippen LogP contribution in [0.4, 0.5) is 4.79 Å². The summed E-state index contributed by atoms with van der Waals surface area (Å²) in [7, 11) is 3.52. The predicted molar refractivity (Wildman–Crippen MR) is 84.2 cm³/mol. The van der Waals surface area contributed by atoms with Crippen molar-refractivity contribution in [2.45, 2.75) is 26.7 Å². The minimum Gasteiger partial charge on any atom is -0.349 e. The van der Waals surface area contributed by atoms with E-state index in [0.717, 1.165) is 12.8 Å². The highest BCUT2D eigenvalue weighted by Gasteiger charge is 2.26. The van der Waals surface area contributed by atoms with E-state index in [0.29, 0.717) is 25.6 Å². The first-order valence-electron chi connectivity index (χ1n) is 7.80. The summed E-state index contributed by atoms with van der Waals surface area (Å²) in [5.74, 6) is 0.230. The van der Waals surface area contributed by atoms with Gasteiger partial charge in [-0.25, -0.2) is 4.79 Å². The van der Waals surface area contributed by atoms with Crippen molar-refractivity contribution in [3.8, 4) is 0 Å². The van der Waals surface area contributed by atoms with Crippen molar-refractivity contribution < 1.29 is 14.4 Å². The van der Waals surface area contributed by atoms with Crippen LogP contribution in [0.1, 0.15) is 26.7 Å². The lowest BCUT2D eigenvalue weighted by Crippen LogP contribution is -2.47. The number of rotatable bonds is 5. The third-order valence-corrected chi connectivity index (χ3v) is 3.67. The second-order valence-electron chi connectivity index (χ2n) is 6.44. The summed E-state index contributed by atoms with van der Waals surface area (Å²) in [6.07, 6.45) is 1.51. The predicted octanol–water partition coefficient (Wildman–Crippen LogP) is 0.268. The fraction of sp³-hybridized carbons (Fsp3) is 0.800. The highest BCUT2D eigenvalue weighted by molar-refractivity contribution is 5.95. The van der Waals surface area contributed by atoms with E-state index in [1.165, 1.54) is 0 Å². The van der Waals surface area contributed by atoms with Crippen LogP contribution in [-0.4, -0.2) is 67.9 Å². The molecule has 4 amide bonds. The average Bonchev–Trinajstić information content (AvgIpc) is 2.45. The molecule has 0 bridgehead atoms. The second kappa shape index (κ2) is 8.73. The normalized spacial score (nSPS) is 16.4. The molecule has 0 aromatic rings. The van der Waals surface area contributed by atoms with Crippen molar-refractivity contribution in [3.05, 3.63) is 0 Å². The van der Waals surface area contributed by atoms with Gasteiger partial charge in [0.25, 0.3) is 0 Å². The molecule has 126 valence electrons.